The van der Waals surface area contributed by atoms with Crippen LogP contribution in [-0.2, 0) is 19.1 Å². The maximum Gasteiger partial charge on any atom is 0.355 e. The van der Waals surface area contributed by atoms with E-state index in [1.807, 2.05) is 0 Å². The summed E-state index contributed by atoms with van der Waals surface area (Å²) in [6.07, 6.45) is 0.329. The number of rotatable bonds is 4. The molecule has 9 heteroatoms. The molecule has 2 amide bonds. The van der Waals surface area contributed by atoms with Crippen molar-refractivity contribution in [1.82, 2.24) is 5.43 Å². The summed E-state index contributed by atoms with van der Waals surface area (Å²) < 4.78 is 4.81. The van der Waals surface area contributed by atoms with Crippen molar-refractivity contribution in [3.63, 3.8) is 0 Å². The third-order valence-corrected chi connectivity index (χ3v) is 3.23. The molecular formula is C13H11Cl2N3O4. The second kappa shape index (κ2) is 7.24. The normalized spacial score (nSPS) is 13.9. The maximum atomic E-state index is 11.7. The molecule has 0 saturated carbocycles. The Hall–Kier alpha value is -2.12. The fourth-order valence-corrected chi connectivity index (χ4v) is 2.07. The van der Waals surface area contributed by atoms with Gasteiger partial charge in [0.05, 0.1) is 10.7 Å². The summed E-state index contributed by atoms with van der Waals surface area (Å²) >= 11 is 11.6. The van der Waals surface area contributed by atoms with Crippen LogP contribution in [0, 0.1) is 0 Å². The molecule has 116 valence electrons. The molecule has 7 nitrogen and oxygen atoms in total. The highest BCUT2D eigenvalue weighted by Crippen LogP contribution is 2.25. The molecule has 1 aliphatic rings. The summed E-state index contributed by atoms with van der Waals surface area (Å²) in [5.41, 5.74) is 2.59. The lowest BCUT2D eigenvalue weighted by molar-refractivity contribution is -0.140. The quantitative estimate of drug-likeness (QED) is 0.813. The van der Waals surface area contributed by atoms with E-state index in [1.165, 1.54) is 12.1 Å². The number of carbonyl (C=O) groups excluding carboxylic acids is 3. The number of hydrogen-bond donors (Lipinski definition) is 2. The molecule has 0 aliphatic carbocycles. The molecule has 0 aromatic heterocycles. The monoisotopic (exact) mass is 343 g/mol. The van der Waals surface area contributed by atoms with Crippen LogP contribution in [0.4, 0.5) is 5.69 Å². The van der Waals surface area contributed by atoms with Gasteiger partial charge in [0.1, 0.15) is 5.71 Å². The summed E-state index contributed by atoms with van der Waals surface area (Å²) in [4.78, 5) is 34.2. The molecule has 0 bridgehead atoms. The summed E-state index contributed by atoms with van der Waals surface area (Å²) in [6, 6.07) is 4.57. The van der Waals surface area contributed by atoms with Crippen molar-refractivity contribution >= 4 is 52.4 Å². The highest BCUT2D eigenvalue weighted by Gasteiger charge is 2.20. The van der Waals surface area contributed by atoms with Gasteiger partial charge in [-0.05, 0) is 18.2 Å². The van der Waals surface area contributed by atoms with Crippen LogP contribution < -0.4 is 10.7 Å². The van der Waals surface area contributed by atoms with Gasteiger partial charge in [-0.1, -0.05) is 23.2 Å². The summed E-state index contributed by atoms with van der Waals surface area (Å²) in [7, 11) is 0. The van der Waals surface area contributed by atoms with E-state index in [9.17, 15) is 14.4 Å². The molecule has 22 heavy (non-hydrogen) atoms. The van der Waals surface area contributed by atoms with Gasteiger partial charge >= 0.3 is 5.97 Å². The average Bonchev–Trinajstić information content (AvgIpc) is 2.48. The Kier molecular flexibility index (Phi) is 5.35. The number of anilines is 1. The van der Waals surface area contributed by atoms with E-state index in [1.54, 1.807) is 6.07 Å². The van der Waals surface area contributed by atoms with Gasteiger partial charge < -0.3 is 10.1 Å². The zero-order valence-electron chi connectivity index (χ0n) is 11.2. The first-order valence-electron chi connectivity index (χ1n) is 6.23. The Balaban J connectivity index is 1.85. The van der Waals surface area contributed by atoms with Crippen LogP contribution in [-0.4, -0.2) is 30.1 Å². The van der Waals surface area contributed by atoms with Gasteiger partial charge in [0.25, 0.3) is 5.91 Å². The number of halogens is 2. The zero-order chi connectivity index (χ0) is 16.1. The smallest absolute Gasteiger partial charge is 0.355 e. The van der Waals surface area contributed by atoms with Crippen LogP contribution in [0.5, 0.6) is 0 Å². The number of benzene rings is 1. The van der Waals surface area contributed by atoms with Crippen molar-refractivity contribution in [2.45, 2.75) is 12.8 Å². The second-order valence-corrected chi connectivity index (χ2v) is 5.19. The van der Waals surface area contributed by atoms with Crippen LogP contribution >= 0.6 is 23.2 Å². The first-order chi connectivity index (χ1) is 10.5. The van der Waals surface area contributed by atoms with E-state index in [2.05, 4.69) is 15.8 Å². The summed E-state index contributed by atoms with van der Waals surface area (Å²) in [6.45, 7) is -0.495. The molecule has 1 aliphatic heterocycles. The van der Waals surface area contributed by atoms with Crippen molar-refractivity contribution in [2.24, 2.45) is 5.10 Å². The molecule has 0 radical (unpaired) electrons. The maximum absolute atomic E-state index is 11.7. The molecule has 0 saturated heterocycles. The number of esters is 1. The Morgan fingerprint density at radius 1 is 1.32 bits per heavy atom. The predicted molar refractivity (Wildman–Crippen MR) is 80.9 cm³/mol. The number of amides is 2. The van der Waals surface area contributed by atoms with Gasteiger partial charge in [0.2, 0.25) is 5.91 Å². The van der Waals surface area contributed by atoms with Gasteiger partial charge in [0, 0.05) is 17.9 Å². The lowest BCUT2D eigenvalue weighted by atomic mass is 10.2. The third-order valence-electron chi connectivity index (χ3n) is 2.68. The minimum absolute atomic E-state index is 0.0666. The van der Waals surface area contributed by atoms with Crippen LogP contribution in [0.15, 0.2) is 23.3 Å². The van der Waals surface area contributed by atoms with E-state index in [-0.39, 0.29) is 29.5 Å². The van der Waals surface area contributed by atoms with Crippen molar-refractivity contribution < 1.29 is 19.1 Å². The van der Waals surface area contributed by atoms with Gasteiger partial charge in [0.15, 0.2) is 6.61 Å². The van der Waals surface area contributed by atoms with Crippen molar-refractivity contribution in [1.29, 1.82) is 0 Å². The fraction of sp³-hybridized carbons (Fsp3) is 0.231. The number of carbonyl (C=O) groups is 3. The van der Waals surface area contributed by atoms with Crippen molar-refractivity contribution in [3.8, 4) is 0 Å². The number of nitrogens with one attached hydrogen (secondary N) is 2. The first-order valence-corrected chi connectivity index (χ1v) is 6.98. The van der Waals surface area contributed by atoms with Gasteiger partial charge in [-0.15, -0.1) is 0 Å². The summed E-state index contributed by atoms with van der Waals surface area (Å²) in [5, 5.41) is 6.76. The van der Waals surface area contributed by atoms with E-state index in [4.69, 9.17) is 27.9 Å². The molecule has 2 N–H and O–H groups in total. The Bertz CT molecular complexity index is 661. The zero-order valence-corrected chi connectivity index (χ0v) is 12.7. The number of hydrazone groups is 1. The Morgan fingerprint density at radius 2 is 2.09 bits per heavy atom. The topological polar surface area (TPSA) is 96.9 Å². The molecule has 2 rings (SSSR count). The molecule has 0 atom stereocenters. The number of nitrogens with zero attached hydrogens (tertiary/aromatic N) is 1. The summed E-state index contributed by atoms with van der Waals surface area (Å²) in [5.74, 6) is -1.58. The predicted octanol–water partition coefficient (Wildman–Crippen LogP) is 1.74. The van der Waals surface area contributed by atoms with E-state index in [0.717, 1.165) is 0 Å². The molecule has 0 fully saturated rings. The standard InChI is InChI=1S/C13H11Cl2N3O4/c14-7-1-2-9(8(15)5-7)16-12(20)6-22-13(21)10-3-4-11(19)18-17-10/h1-2,5H,3-4,6H2,(H,16,20)(H,18,19). The first kappa shape index (κ1) is 16.3. The minimum atomic E-state index is -0.752. The molecule has 0 spiro atoms. The van der Waals surface area contributed by atoms with Crippen LogP contribution in [0.1, 0.15) is 12.8 Å². The SMILES string of the molecule is O=C1CCC(C(=O)OCC(=O)Nc2ccc(Cl)cc2Cl)=NN1. The van der Waals surface area contributed by atoms with Gasteiger partial charge in [-0.3, -0.25) is 9.59 Å². The van der Waals surface area contributed by atoms with E-state index in [0.29, 0.717) is 10.7 Å². The molecule has 1 aromatic carbocycles. The number of ether oxygens (including phenoxy) is 1. The van der Waals surface area contributed by atoms with Crippen LogP contribution in [0.2, 0.25) is 10.0 Å². The van der Waals surface area contributed by atoms with Gasteiger partial charge in [-0.25, -0.2) is 10.2 Å². The van der Waals surface area contributed by atoms with Crippen LogP contribution in [0.25, 0.3) is 0 Å². The highest BCUT2D eigenvalue weighted by molar-refractivity contribution is 6.37. The highest BCUT2D eigenvalue weighted by atomic mass is 35.5. The Morgan fingerprint density at radius 3 is 2.73 bits per heavy atom. The van der Waals surface area contributed by atoms with Crippen molar-refractivity contribution in [3.05, 3.63) is 28.2 Å². The molecule has 0 unspecified atom stereocenters. The van der Waals surface area contributed by atoms with Crippen LogP contribution in [0.3, 0.4) is 0 Å². The Labute approximate surface area is 135 Å². The van der Waals surface area contributed by atoms with E-state index < -0.39 is 18.5 Å². The molecular weight excluding hydrogens is 333 g/mol. The molecule has 1 heterocycles. The van der Waals surface area contributed by atoms with Crippen molar-refractivity contribution in [2.75, 3.05) is 11.9 Å². The van der Waals surface area contributed by atoms with Gasteiger partial charge in [-0.2, -0.15) is 5.10 Å². The second-order valence-electron chi connectivity index (χ2n) is 4.34. The lowest BCUT2D eigenvalue weighted by Gasteiger charge is -2.11. The van der Waals surface area contributed by atoms with E-state index >= 15 is 0 Å². The third kappa shape index (κ3) is 4.44. The minimum Gasteiger partial charge on any atom is -0.451 e. The lowest BCUT2D eigenvalue weighted by Crippen LogP contribution is -2.32. The fourth-order valence-electron chi connectivity index (χ4n) is 1.61. The largest absolute Gasteiger partial charge is 0.451 e. The number of hydrogen-bond acceptors (Lipinski definition) is 5. The molecule has 1 aromatic rings. The average molecular weight is 344 g/mol.